The molecule has 0 atom stereocenters. The van der Waals surface area contributed by atoms with Gasteiger partial charge in [0.25, 0.3) is 0 Å². The van der Waals surface area contributed by atoms with E-state index >= 15 is 0 Å². The zero-order chi connectivity index (χ0) is 7.84. The molecule has 0 spiro atoms. The van der Waals surface area contributed by atoms with E-state index in [0.717, 1.165) is 0 Å². The van der Waals surface area contributed by atoms with Crippen molar-refractivity contribution in [2.24, 2.45) is 0 Å². The zero-order valence-corrected chi connectivity index (χ0v) is 8.36. The largest absolute Gasteiger partial charge is 0.361 e. The summed E-state index contributed by atoms with van der Waals surface area (Å²) < 4.78 is 0. The first kappa shape index (κ1) is 7.62. The van der Waals surface area contributed by atoms with Crippen LogP contribution in [0.2, 0.25) is 0 Å². The fraction of sp³-hybridized carbons (Fsp3) is 0.500. The summed E-state index contributed by atoms with van der Waals surface area (Å²) in [7, 11) is 0. The molecule has 1 nitrogen and oxygen atoms in total. The Hall–Kier alpha value is -0.0200. The summed E-state index contributed by atoms with van der Waals surface area (Å²) in [5, 5.41) is 0. The summed E-state index contributed by atoms with van der Waals surface area (Å²) in [6.07, 6.45) is 0. The lowest BCUT2D eigenvalue weighted by molar-refractivity contribution is 1.16. The van der Waals surface area contributed by atoms with Crippen molar-refractivity contribution in [1.29, 1.82) is 0 Å². The molecule has 1 aliphatic rings. The Balaban J connectivity index is 2.52. The van der Waals surface area contributed by atoms with Crippen LogP contribution in [0, 0.1) is 13.8 Å². The number of aromatic nitrogens is 1. The third kappa shape index (κ3) is 1.20. The lowest BCUT2D eigenvalue weighted by Gasteiger charge is -2.10. The van der Waals surface area contributed by atoms with E-state index in [1.54, 1.807) is 0 Å². The van der Waals surface area contributed by atoms with E-state index in [-0.39, 0.29) is 0 Å². The minimum Gasteiger partial charge on any atom is -0.361 e. The van der Waals surface area contributed by atoms with Gasteiger partial charge in [-0.15, -0.1) is 23.5 Å². The molecule has 2 rings (SSSR count). The second kappa shape index (κ2) is 2.79. The molecule has 11 heavy (non-hydrogen) atoms. The Morgan fingerprint density at radius 3 is 1.91 bits per heavy atom. The van der Waals surface area contributed by atoms with Gasteiger partial charge in [-0.1, -0.05) is 0 Å². The average molecular weight is 185 g/mol. The number of fused-ring (bicyclic) bond motifs is 1. The lowest BCUT2D eigenvalue weighted by Crippen LogP contribution is -1.92. The lowest BCUT2D eigenvalue weighted by atomic mass is 10.4. The van der Waals surface area contributed by atoms with E-state index < -0.39 is 0 Å². The van der Waals surface area contributed by atoms with E-state index in [1.165, 1.54) is 32.7 Å². The quantitative estimate of drug-likeness (QED) is 0.669. The van der Waals surface area contributed by atoms with Gasteiger partial charge in [-0.3, -0.25) is 0 Å². The van der Waals surface area contributed by atoms with Crippen molar-refractivity contribution < 1.29 is 0 Å². The van der Waals surface area contributed by atoms with E-state index in [2.05, 4.69) is 18.8 Å². The van der Waals surface area contributed by atoms with Crippen LogP contribution in [0.5, 0.6) is 0 Å². The molecular weight excluding hydrogens is 174 g/mol. The van der Waals surface area contributed by atoms with Crippen LogP contribution in [-0.4, -0.2) is 16.5 Å². The van der Waals surface area contributed by atoms with Crippen molar-refractivity contribution in [2.45, 2.75) is 23.6 Å². The van der Waals surface area contributed by atoms with Crippen LogP contribution in [0.1, 0.15) is 11.4 Å². The minimum atomic E-state index is 1.26. The van der Waals surface area contributed by atoms with Crippen molar-refractivity contribution in [3.63, 3.8) is 0 Å². The highest BCUT2D eigenvalue weighted by molar-refractivity contribution is 8.05. The Morgan fingerprint density at radius 2 is 1.45 bits per heavy atom. The molecule has 0 unspecified atom stereocenters. The molecule has 1 N–H and O–H groups in total. The molecule has 0 amide bonds. The number of H-pyrrole nitrogens is 1. The van der Waals surface area contributed by atoms with Crippen LogP contribution in [0.15, 0.2) is 9.79 Å². The number of aromatic amines is 1. The van der Waals surface area contributed by atoms with E-state index in [9.17, 15) is 0 Å². The first-order valence-electron chi connectivity index (χ1n) is 3.74. The molecular formula is C8H11NS2. The van der Waals surface area contributed by atoms with Gasteiger partial charge in [0, 0.05) is 32.7 Å². The number of nitrogens with one attached hydrogen (secondary N) is 1. The standard InChI is InChI=1S/C8H11NS2/c1-5-7-8(6(2)9-5)11-4-3-10-7/h9H,3-4H2,1-2H3. The maximum absolute atomic E-state index is 3.38. The maximum atomic E-state index is 3.38. The van der Waals surface area contributed by atoms with Gasteiger partial charge in [0.05, 0.1) is 0 Å². The van der Waals surface area contributed by atoms with Crippen molar-refractivity contribution in [3.8, 4) is 0 Å². The average Bonchev–Trinajstić information content (AvgIpc) is 2.30. The first-order chi connectivity index (χ1) is 5.29. The van der Waals surface area contributed by atoms with E-state index in [0.29, 0.717) is 0 Å². The Morgan fingerprint density at radius 1 is 1.00 bits per heavy atom. The predicted molar refractivity (Wildman–Crippen MR) is 51.7 cm³/mol. The van der Waals surface area contributed by atoms with Crippen LogP contribution < -0.4 is 0 Å². The van der Waals surface area contributed by atoms with Crippen LogP contribution >= 0.6 is 23.5 Å². The molecule has 1 aliphatic heterocycles. The highest BCUT2D eigenvalue weighted by Gasteiger charge is 2.16. The summed E-state index contributed by atoms with van der Waals surface area (Å²) in [6.45, 7) is 4.31. The number of rotatable bonds is 0. The molecule has 0 aromatic carbocycles. The highest BCUT2D eigenvalue weighted by Crippen LogP contribution is 2.40. The van der Waals surface area contributed by atoms with Gasteiger partial charge in [0.1, 0.15) is 0 Å². The Kier molecular flexibility index (Phi) is 1.93. The monoisotopic (exact) mass is 185 g/mol. The summed E-state index contributed by atoms with van der Waals surface area (Å²) in [5.74, 6) is 2.52. The summed E-state index contributed by atoms with van der Waals surface area (Å²) in [5.41, 5.74) is 2.68. The zero-order valence-electron chi connectivity index (χ0n) is 6.73. The summed E-state index contributed by atoms with van der Waals surface area (Å²) >= 11 is 3.97. The number of thioether (sulfide) groups is 2. The molecule has 0 saturated heterocycles. The van der Waals surface area contributed by atoms with Crippen LogP contribution in [0.3, 0.4) is 0 Å². The SMILES string of the molecule is Cc1[nH]c(C)c2c1SCCS2. The highest BCUT2D eigenvalue weighted by atomic mass is 32.2. The molecule has 0 aliphatic carbocycles. The molecule has 60 valence electrons. The molecule has 0 radical (unpaired) electrons. The van der Waals surface area contributed by atoms with Crippen molar-refractivity contribution in [2.75, 3.05) is 11.5 Å². The third-order valence-corrected chi connectivity index (χ3v) is 4.64. The smallest absolute Gasteiger partial charge is 0.0416 e. The first-order valence-corrected chi connectivity index (χ1v) is 5.71. The molecule has 3 heteroatoms. The fourth-order valence-electron chi connectivity index (χ4n) is 1.37. The Labute approximate surface area is 75.3 Å². The Bertz CT molecular complexity index is 251. The molecule has 1 aromatic heterocycles. The van der Waals surface area contributed by atoms with E-state index in [1.807, 2.05) is 23.5 Å². The minimum absolute atomic E-state index is 1.26. The van der Waals surface area contributed by atoms with Crippen LogP contribution in [0.25, 0.3) is 0 Å². The van der Waals surface area contributed by atoms with Crippen molar-refractivity contribution >= 4 is 23.5 Å². The van der Waals surface area contributed by atoms with Gasteiger partial charge in [0.15, 0.2) is 0 Å². The summed E-state index contributed by atoms with van der Waals surface area (Å²) in [6, 6.07) is 0. The van der Waals surface area contributed by atoms with Gasteiger partial charge in [-0.2, -0.15) is 0 Å². The van der Waals surface area contributed by atoms with Crippen molar-refractivity contribution in [3.05, 3.63) is 11.4 Å². The molecule has 2 heterocycles. The third-order valence-electron chi connectivity index (χ3n) is 1.84. The predicted octanol–water partition coefficient (Wildman–Crippen LogP) is 2.83. The van der Waals surface area contributed by atoms with E-state index in [4.69, 9.17) is 0 Å². The van der Waals surface area contributed by atoms with Crippen LogP contribution in [-0.2, 0) is 0 Å². The maximum Gasteiger partial charge on any atom is 0.0416 e. The molecule has 0 saturated carbocycles. The topological polar surface area (TPSA) is 15.8 Å². The fourth-order valence-corrected chi connectivity index (χ4v) is 3.90. The van der Waals surface area contributed by atoms with Crippen LogP contribution in [0.4, 0.5) is 0 Å². The second-order valence-electron chi connectivity index (χ2n) is 2.73. The summed E-state index contributed by atoms with van der Waals surface area (Å²) in [4.78, 5) is 6.35. The van der Waals surface area contributed by atoms with Gasteiger partial charge >= 0.3 is 0 Å². The number of aryl methyl sites for hydroxylation is 2. The number of hydrogen-bond acceptors (Lipinski definition) is 2. The second-order valence-corrected chi connectivity index (χ2v) is 4.94. The van der Waals surface area contributed by atoms with Gasteiger partial charge in [0.2, 0.25) is 0 Å². The number of hydrogen-bond donors (Lipinski definition) is 1. The normalized spacial score (nSPS) is 16.5. The van der Waals surface area contributed by atoms with Gasteiger partial charge < -0.3 is 4.98 Å². The molecule has 1 aromatic rings. The van der Waals surface area contributed by atoms with Gasteiger partial charge in [-0.05, 0) is 13.8 Å². The van der Waals surface area contributed by atoms with Gasteiger partial charge in [-0.25, -0.2) is 0 Å². The molecule has 0 fully saturated rings. The molecule has 0 bridgehead atoms. The van der Waals surface area contributed by atoms with Crippen molar-refractivity contribution in [1.82, 2.24) is 4.98 Å².